The summed E-state index contributed by atoms with van der Waals surface area (Å²) < 4.78 is 16.3. The van der Waals surface area contributed by atoms with Crippen molar-refractivity contribution in [2.24, 2.45) is 4.99 Å². The van der Waals surface area contributed by atoms with E-state index in [1.807, 2.05) is 19.1 Å². The van der Waals surface area contributed by atoms with Crippen molar-refractivity contribution >= 4 is 29.9 Å². The van der Waals surface area contributed by atoms with Gasteiger partial charge in [0.15, 0.2) is 23.2 Å². The molecule has 0 saturated heterocycles. The van der Waals surface area contributed by atoms with Gasteiger partial charge >= 0.3 is 0 Å². The zero-order valence-electron chi connectivity index (χ0n) is 18.7. The maximum absolute atomic E-state index is 5.65. The van der Waals surface area contributed by atoms with Gasteiger partial charge in [-0.15, -0.1) is 24.0 Å². The molecule has 2 rings (SSSR count). The van der Waals surface area contributed by atoms with E-state index in [0.29, 0.717) is 19.1 Å². The highest BCUT2D eigenvalue weighted by molar-refractivity contribution is 14.0. The zero-order chi connectivity index (χ0) is 21.1. The van der Waals surface area contributed by atoms with Crippen molar-refractivity contribution in [3.8, 4) is 11.5 Å². The molecular weight excluding hydrogens is 495 g/mol. The van der Waals surface area contributed by atoms with Crippen molar-refractivity contribution in [1.29, 1.82) is 0 Å². The average molecular weight is 530 g/mol. The lowest BCUT2D eigenvalue weighted by Gasteiger charge is -2.12. The van der Waals surface area contributed by atoms with Crippen LogP contribution in [-0.2, 0) is 13.0 Å². The number of guanidine groups is 1. The van der Waals surface area contributed by atoms with Crippen LogP contribution in [0.5, 0.6) is 11.5 Å². The molecule has 0 unspecified atom stereocenters. The second kappa shape index (κ2) is 14.1. The normalized spacial score (nSPS) is 11.2. The molecule has 1 aromatic carbocycles. The van der Waals surface area contributed by atoms with Crippen LogP contribution in [-0.4, -0.2) is 37.9 Å². The summed E-state index contributed by atoms with van der Waals surface area (Å²) in [6, 6.07) is 8.06. The topological polar surface area (TPSA) is 80.9 Å². The van der Waals surface area contributed by atoms with E-state index in [1.54, 1.807) is 7.11 Å². The third-order valence-corrected chi connectivity index (χ3v) is 4.37. The SMILES string of the molecule is CCNC(=NCc1cc(C(C)C)no1)NCCCc1ccc(OC)c(OCC)c1.I. The van der Waals surface area contributed by atoms with E-state index in [-0.39, 0.29) is 24.0 Å². The second-order valence-electron chi connectivity index (χ2n) is 7.02. The van der Waals surface area contributed by atoms with Crippen LogP contribution >= 0.6 is 24.0 Å². The van der Waals surface area contributed by atoms with Crippen LogP contribution in [0, 0.1) is 0 Å². The Kier molecular flexibility index (Phi) is 12.3. The standard InChI is InChI=1S/C22H34N4O3.HI/c1-6-23-22(25-15-18-14-19(16(3)4)26-29-18)24-12-8-9-17-10-11-20(27-5)21(13-17)28-7-2;/h10-11,13-14,16H,6-9,12,15H2,1-5H3,(H2,23,24,25);1H. The fourth-order valence-corrected chi connectivity index (χ4v) is 2.82. The quantitative estimate of drug-likeness (QED) is 0.193. The van der Waals surface area contributed by atoms with E-state index < -0.39 is 0 Å². The van der Waals surface area contributed by atoms with Gasteiger partial charge in [0.2, 0.25) is 0 Å². The molecule has 2 N–H and O–H groups in total. The van der Waals surface area contributed by atoms with E-state index in [4.69, 9.17) is 14.0 Å². The number of benzene rings is 1. The van der Waals surface area contributed by atoms with Gasteiger partial charge in [-0.2, -0.15) is 0 Å². The molecule has 0 atom stereocenters. The molecular formula is C22H35IN4O3. The van der Waals surface area contributed by atoms with Gasteiger partial charge in [0.1, 0.15) is 6.54 Å². The van der Waals surface area contributed by atoms with Gasteiger partial charge in [0.05, 0.1) is 19.4 Å². The molecule has 0 fully saturated rings. The molecule has 0 saturated carbocycles. The summed E-state index contributed by atoms with van der Waals surface area (Å²) in [4.78, 5) is 4.59. The molecule has 0 amide bonds. The third kappa shape index (κ3) is 8.41. The molecule has 1 aromatic heterocycles. The van der Waals surface area contributed by atoms with Crippen LogP contribution in [0.25, 0.3) is 0 Å². The van der Waals surface area contributed by atoms with Crippen molar-refractivity contribution in [3.05, 3.63) is 41.3 Å². The van der Waals surface area contributed by atoms with Crippen LogP contribution in [0.2, 0.25) is 0 Å². The monoisotopic (exact) mass is 530 g/mol. The number of methoxy groups -OCH3 is 1. The lowest BCUT2D eigenvalue weighted by molar-refractivity contribution is 0.310. The predicted octanol–water partition coefficient (Wildman–Crippen LogP) is 4.51. The molecule has 0 radical (unpaired) electrons. The van der Waals surface area contributed by atoms with E-state index >= 15 is 0 Å². The Morgan fingerprint density at radius 2 is 1.97 bits per heavy atom. The van der Waals surface area contributed by atoms with Crippen LogP contribution in [0.15, 0.2) is 33.8 Å². The Bertz CT molecular complexity index is 777. The van der Waals surface area contributed by atoms with Gasteiger partial charge < -0.3 is 24.6 Å². The first-order valence-corrected chi connectivity index (χ1v) is 10.3. The average Bonchev–Trinajstić information content (AvgIpc) is 3.19. The molecule has 0 spiro atoms. The number of rotatable bonds is 11. The first-order valence-electron chi connectivity index (χ1n) is 10.3. The number of nitrogens with one attached hydrogen (secondary N) is 2. The van der Waals surface area contributed by atoms with Crippen molar-refractivity contribution in [1.82, 2.24) is 15.8 Å². The number of hydrogen-bond donors (Lipinski definition) is 2. The van der Waals surface area contributed by atoms with Gasteiger partial charge in [0, 0.05) is 19.2 Å². The lowest BCUT2D eigenvalue weighted by Crippen LogP contribution is -2.37. The first kappa shape index (κ1) is 26.1. The number of hydrogen-bond acceptors (Lipinski definition) is 5. The summed E-state index contributed by atoms with van der Waals surface area (Å²) in [7, 11) is 1.66. The number of ether oxygens (including phenoxy) is 2. The molecule has 0 aliphatic rings. The predicted molar refractivity (Wildman–Crippen MR) is 131 cm³/mol. The molecule has 0 bridgehead atoms. The Hall–Kier alpha value is -1.97. The van der Waals surface area contributed by atoms with Crippen molar-refractivity contribution in [3.63, 3.8) is 0 Å². The molecule has 0 aliphatic heterocycles. The fraction of sp³-hybridized carbons (Fsp3) is 0.545. The van der Waals surface area contributed by atoms with Gasteiger partial charge in [-0.3, -0.25) is 0 Å². The van der Waals surface area contributed by atoms with E-state index in [1.165, 1.54) is 5.56 Å². The number of halogens is 1. The summed E-state index contributed by atoms with van der Waals surface area (Å²) in [5.74, 6) is 3.46. The van der Waals surface area contributed by atoms with Crippen LogP contribution in [0.4, 0.5) is 0 Å². The molecule has 30 heavy (non-hydrogen) atoms. The van der Waals surface area contributed by atoms with Crippen molar-refractivity contribution in [2.75, 3.05) is 26.8 Å². The first-order chi connectivity index (χ1) is 14.1. The molecule has 1 heterocycles. The third-order valence-electron chi connectivity index (χ3n) is 4.37. The highest BCUT2D eigenvalue weighted by Gasteiger charge is 2.08. The van der Waals surface area contributed by atoms with Gasteiger partial charge in [-0.05, 0) is 50.3 Å². The molecule has 168 valence electrons. The minimum absolute atomic E-state index is 0. The smallest absolute Gasteiger partial charge is 0.191 e. The number of nitrogens with zero attached hydrogens (tertiary/aromatic N) is 2. The lowest BCUT2D eigenvalue weighted by atomic mass is 10.1. The molecule has 8 heteroatoms. The fourth-order valence-electron chi connectivity index (χ4n) is 2.82. The minimum atomic E-state index is 0. The summed E-state index contributed by atoms with van der Waals surface area (Å²) in [5, 5.41) is 10.7. The summed E-state index contributed by atoms with van der Waals surface area (Å²) >= 11 is 0. The van der Waals surface area contributed by atoms with E-state index in [0.717, 1.165) is 54.8 Å². The summed E-state index contributed by atoms with van der Waals surface area (Å²) in [5.41, 5.74) is 2.18. The number of aliphatic imine (C=N–C) groups is 1. The van der Waals surface area contributed by atoms with Crippen molar-refractivity contribution < 1.29 is 14.0 Å². The highest BCUT2D eigenvalue weighted by Crippen LogP contribution is 2.28. The Labute approximate surface area is 197 Å². The number of aromatic nitrogens is 1. The number of aryl methyl sites for hydroxylation is 1. The molecule has 0 aliphatic carbocycles. The highest BCUT2D eigenvalue weighted by atomic mass is 127. The summed E-state index contributed by atoms with van der Waals surface area (Å²) in [6.45, 7) is 10.9. The van der Waals surface area contributed by atoms with Crippen LogP contribution in [0.3, 0.4) is 0 Å². The maximum atomic E-state index is 5.65. The van der Waals surface area contributed by atoms with Crippen LogP contribution in [0.1, 0.15) is 57.1 Å². The Balaban J connectivity index is 0.00000450. The zero-order valence-corrected chi connectivity index (χ0v) is 21.0. The molecule has 2 aromatic rings. The molecule has 7 nitrogen and oxygen atoms in total. The Morgan fingerprint density at radius 3 is 2.60 bits per heavy atom. The largest absolute Gasteiger partial charge is 0.493 e. The van der Waals surface area contributed by atoms with Gasteiger partial charge in [0.25, 0.3) is 0 Å². The summed E-state index contributed by atoms with van der Waals surface area (Å²) in [6.07, 6.45) is 1.92. The van der Waals surface area contributed by atoms with E-state index in [9.17, 15) is 0 Å². The maximum Gasteiger partial charge on any atom is 0.191 e. The van der Waals surface area contributed by atoms with E-state index in [2.05, 4.69) is 53.7 Å². The van der Waals surface area contributed by atoms with Gasteiger partial charge in [-0.1, -0.05) is 25.1 Å². The van der Waals surface area contributed by atoms with Crippen molar-refractivity contribution in [2.45, 2.75) is 53.0 Å². The minimum Gasteiger partial charge on any atom is -0.493 e. The second-order valence-corrected chi connectivity index (χ2v) is 7.02. The van der Waals surface area contributed by atoms with Crippen LogP contribution < -0.4 is 20.1 Å². The Morgan fingerprint density at radius 1 is 1.17 bits per heavy atom. The van der Waals surface area contributed by atoms with Gasteiger partial charge in [-0.25, -0.2) is 4.99 Å².